The molecule has 1 amide bonds. The largest absolute Gasteiger partial charge is 0.356 e. The Hall–Kier alpha value is -0.610. The van der Waals surface area contributed by atoms with Crippen LogP contribution in [-0.4, -0.2) is 31.5 Å². The average molecular weight is 187 g/mol. The Kier molecular flexibility index (Phi) is 3.69. The summed E-state index contributed by atoms with van der Waals surface area (Å²) in [6.45, 7) is 3.47. The van der Waals surface area contributed by atoms with E-state index < -0.39 is 0 Å². The number of methoxy groups -OCH3 is 1. The van der Waals surface area contributed by atoms with Crippen LogP contribution in [0.4, 0.5) is 0 Å². The van der Waals surface area contributed by atoms with Crippen molar-refractivity contribution < 1.29 is 14.3 Å². The Labute approximate surface area is 78.6 Å². The highest BCUT2D eigenvalue weighted by atomic mass is 16.7. The summed E-state index contributed by atoms with van der Waals surface area (Å²) < 4.78 is 10.6. The van der Waals surface area contributed by atoms with Crippen molar-refractivity contribution in [2.75, 3.05) is 7.11 Å². The summed E-state index contributed by atoms with van der Waals surface area (Å²) in [7, 11) is 1.64. The normalized spacial score (nSPS) is 34.2. The van der Waals surface area contributed by atoms with Crippen LogP contribution in [0.25, 0.3) is 0 Å². The van der Waals surface area contributed by atoms with Crippen LogP contribution in [0.3, 0.4) is 0 Å². The summed E-state index contributed by atoms with van der Waals surface area (Å²) in [5, 5.41) is 2.86. The highest BCUT2D eigenvalue weighted by Gasteiger charge is 2.28. The predicted molar refractivity (Wildman–Crippen MR) is 48.2 cm³/mol. The minimum atomic E-state index is -0.111. The molecule has 1 N–H and O–H groups in total. The van der Waals surface area contributed by atoms with Gasteiger partial charge in [0.2, 0.25) is 5.91 Å². The summed E-state index contributed by atoms with van der Waals surface area (Å²) in [6.07, 6.45) is 1.67. The molecule has 1 unspecified atom stereocenters. The van der Waals surface area contributed by atoms with Gasteiger partial charge in [0.1, 0.15) is 0 Å². The van der Waals surface area contributed by atoms with Gasteiger partial charge in [0.05, 0.1) is 12.1 Å². The zero-order chi connectivity index (χ0) is 9.84. The van der Waals surface area contributed by atoms with Crippen molar-refractivity contribution in [1.82, 2.24) is 5.32 Å². The summed E-state index contributed by atoms with van der Waals surface area (Å²) >= 11 is 0. The average Bonchev–Trinajstić information content (AvgIpc) is 2.08. The van der Waals surface area contributed by atoms with Crippen LogP contribution in [0.15, 0.2) is 0 Å². The first-order chi connectivity index (χ1) is 6.13. The smallest absolute Gasteiger partial charge is 0.217 e. The van der Waals surface area contributed by atoms with E-state index in [1.165, 1.54) is 6.92 Å². The fourth-order valence-corrected chi connectivity index (χ4v) is 1.58. The van der Waals surface area contributed by atoms with Gasteiger partial charge in [-0.25, -0.2) is 0 Å². The third-order valence-electron chi connectivity index (χ3n) is 2.30. The molecule has 1 heterocycles. The lowest BCUT2D eigenvalue weighted by atomic mass is 10.0. The van der Waals surface area contributed by atoms with Gasteiger partial charge in [-0.2, -0.15) is 0 Å². The van der Waals surface area contributed by atoms with Gasteiger partial charge in [-0.05, 0) is 13.3 Å². The lowest BCUT2D eigenvalue weighted by Gasteiger charge is -2.33. The van der Waals surface area contributed by atoms with Crippen molar-refractivity contribution in [1.29, 1.82) is 0 Å². The van der Waals surface area contributed by atoms with E-state index in [1.807, 2.05) is 6.92 Å². The summed E-state index contributed by atoms with van der Waals surface area (Å²) in [4.78, 5) is 10.8. The molecule has 1 aliphatic rings. The van der Waals surface area contributed by atoms with E-state index in [1.54, 1.807) is 7.11 Å². The fraction of sp³-hybridized carbons (Fsp3) is 0.889. The minimum Gasteiger partial charge on any atom is -0.356 e. The third kappa shape index (κ3) is 2.97. The van der Waals surface area contributed by atoms with Crippen LogP contribution < -0.4 is 5.32 Å². The molecule has 0 aromatic heterocycles. The molecule has 0 bridgehead atoms. The molecule has 1 saturated heterocycles. The first-order valence-electron chi connectivity index (χ1n) is 4.59. The molecule has 0 spiro atoms. The Balaban J connectivity index is 2.39. The summed E-state index contributed by atoms with van der Waals surface area (Å²) in [5.74, 6) is -0.00341. The maximum atomic E-state index is 10.8. The van der Waals surface area contributed by atoms with E-state index in [0.29, 0.717) is 0 Å². The fourth-order valence-electron chi connectivity index (χ4n) is 1.58. The monoisotopic (exact) mass is 187 g/mol. The Morgan fingerprint density at radius 1 is 1.54 bits per heavy atom. The van der Waals surface area contributed by atoms with Gasteiger partial charge in [-0.1, -0.05) is 0 Å². The topological polar surface area (TPSA) is 47.6 Å². The molecule has 4 heteroatoms. The van der Waals surface area contributed by atoms with Crippen molar-refractivity contribution in [3.8, 4) is 0 Å². The van der Waals surface area contributed by atoms with Crippen molar-refractivity contribution >= 4 is 5.91 Å². The number of hydrogen-bond donors (Lipinski definition) is 1. The number of nitrogens with one attached hydrogen (secondary N) is 1. The van der Waals surface area contributed by atoms with Crippen molar-refractivity contribution in [2.45, 2.75) is 45.1 Å². The number of amides is 1. The van der Waals surface area contributed by atoms with E-state index in [2.05, 4.69) is 5.32 Å². The molecule has 0 aromatic rings. The molecule has 1 aliphatic heterocycles. The molecule has 76 valence electrons. The molecular formula is C9H17NO3. The quantitative estimate of drug-likeness (QED) is 0.691. The molecule has 0 saturated carbocycles. The first-order valence-corrected chi connectivity index (χ1v) is 4.59. The van der Waals surface area contributed by atoms with E-state index in [9.17, 15) is 4.79 Å². The molecular weight excluding hydrogens is 170 g/mol. The zero-order valence-corrected chi connectivity index (χ0v) is 8.37. The van der Waals surface area contributed by atoms with Crippen molar-refractivity contribution in [2.24, 2.45) is 0 Å². The number of hydrogen-bond acceptors (Lipinski definition) is 3. The highest BCUT2D eigenvalue weighted by Crippen LogP contribution is 2.19. The van der Waals surface area contributed by atoms with E-state index in [0.717, 1.165) is 12.8 Å². The Bertz CT molecular complexity index is 184. The van der Waals surface area contributed by atoms with Crippen LogP contribution in [0, 0.1) is 0 Å². The third-order valence-corrected chi connectivity index (χ3v) is 2.30. The maximum Gasteiger partial charge on any atom is 0.217 e. The van der Waals surface area contributed by atoms with Gasteiger partial charge in [-0.15, -0.1) is 0 Å². The number of ether oxygens (including phenoxy) is 2. The Morgan fingerprint density at radius 3 is 2.69 bits per heavy atom. The molecule has 13 heavy (non-hydrogen) atoms. The van der Waals surface area contributed by atoms with Gasteiger partial charge in [0, 0.05) is 20.5 Å². The number of carbonyl (C=O) groups is 1. The summed E-state index contributed by atoms with van der Waals surface area (Å²) in [5.41, 5.74) is 0. The predicted octanol–water partition coefficient (Wildman–Crippen LogP) is 0.663. The molecule has 4 nitrogen and oxygen atoms in total. The SMILES string of the molecule is COC1CC[C@@H](NC(C)=O)[C@H](C)O1. The van der Waals surface area contributed by atoms with Gasteiger partial charge in [0.15, 0.2) is 6.29 Å². The van der Waals surface area contributed by atoms with Crippen LogP contribution in [-0.2, 0) is 14.3 Å². The second kappa shape index (κ2) is 4.58. The molecule has 0 aromatic carbocycles. The summed E-state index contributed by atoms with van der Waals surface area (Å²) in [6, 6.07) is 0.129. The highest BCUT2D eigenvalue weighted by molar-refractivity contribution is 5.73. The van der Waals surface area contributed by atoms with Gasteiger partial charge >= 0.3 is 0 Å². The van der Waals surface area contributed by atoms with E-state index in [4.69, 9.17) is 9.47 Å². The second-order valence-corrected chi connectivity index (χ2v) is 3.39. The van der Waals surface area contributed by atoms with Gasteiger partial charge in [0.25, 0.3) is 0 Å². The number of rotatable bonds is 2. The molecule has 1 rings (SSSR count). The lowest BCUT2D eigenvalue weighted by Crippen LogP contribution is -2.47. The van der Waals surface area contributed by atoms with Crippen LogP contribution in [0.2, 0.25) is 0 Å². The van der Waals surface area contributed by atoms with E-state index in [-0.39, 0.29) is 24.3 Å². The molecule has 0 radical (unpaired) electrons. The van der Waals surface area contributed by atoms with Gasteiger partial charge < -0.3 is 14.8 Å². The van der Waals surface area contributed by atoms with E-state index >= 15 is 0 Å². The second-order valence-electron chi connectivity index (χ2n) is 3.39. The maximum absolute atomic E-state index is 10.8. The molecule has 3 atom stereocenters. The van der Waals surface area contributed by atoms with Crippen molar-refractivity contribution in [3.05, 3.63) is 0 Å². The van der Waals surface area contributed by atoms with Crippen LogP contribution in [0.5, 0.6) is 0 Å². The van der Waals surface area contributed by atoms with Gasteiger partial charge in [-0.3, -0.25) is 4.79 Å². The standard InChI is InChI=1S/C9H17NO3/c1-6-8(10-7(2)11)4-5-9(12-3)13-6/h6,8-9H,4-5H2,1-3H3,(H,10,11)/t6-,8+,9?/m0/s1. The Morgan fingerprint density at radius 2 is 2.23 bits per heavy atom. The molecule has 0 aliphatic carbocycles. The zero-order valence-electron chi connectivity index (χ0n) is 8.37. The van der Waals surface area contributed by atoms with Crippen LogP contribution in [0.1, 0.15) is 26.7 Å². The van der Waals surface area contributed by atoms with Crippen molar-refractivity contribution in [3.63, 3.8) is 0 Å². The number of carbonyl (C=O) groups excluding carboxylic acids is 1. The van der Waals surface area contributed by atoms with Crippen LogP contribution >= 0.6 is 0 Å². The minimum absolute atomic E-state index is 0.00341. The first kappa shape index (κ1) is 10.5. The lowest BCUT2D eigenvalue weighted by molar-refractivity contribution is -0.184. The molecule has 1 fully saturated rings.